The predicted octanol–water partition coefficient (Wildman–Crippen LogP) is 1.86. The molecule has 2 N–H and O–H groups in total. The normalized spacial score (nSPS) is 19.4. The Hall–Kier alpha value is -0.120. The minimum atomic E-state index is 0.0806. The molecule has 0 bridgehead atoms. The van der Waals surface area contributed by atoms with Gasteiger partial charge < -0.3 is 15.3 Å². The Morgan fingerprint density at radius 2 is 1.82 bits per heavy atom. The van der Waals surface area contributed by atoms with E-state index >= 15 is 0 Å². The van der Waals surface area contributed by atoms with Crippen molar-refractivity contribution in [1.82, 2.24) is 10.2 Å². The SMILES string of the molecule is CCC(CC)(CO)CNCC1(N(C)C)CCC1. The van der Waals surface area contributed by atoms with Gasteiger partial charge in [-0.05, 0) is 46.2 Å². The van der Waals surface area contributed by atoms with Crippen LogP contribution in [0.1, 0.15) is 46.0 Å². The highest BCUT2D eigenvalue weighted by atomic mass is 16.3. The summed E-state index contributed by atoms with van der Waals surface area (Å²) in [5.41, 5.74) is 0.458. The topological polar surface area (TPSA) is 35.5 Å². The summed E-state index contributed by atoms with van der Waals surface area (Å²) in [6.07, 6.45) is 6.05. The number of nitrogens with zero attached hydrogens (tertiary/aromatic N) is 1. The largest absolute Gasteiger partial charge is 0.396 e. The maximum Gasteiger partial charge on any atom is 0.0499 e. The van der Waals surface area contributed by atoms with E-state index in [1.165, 1.54) is 19.3 Å². The van der Waals surface area contributed by atoms with Crippen molar-refractivity contribution in [3.8, 4) is 0 Å². The number of aliphatic hydroxyl groups excluding tert-OH is 1. The van der Waals surface area contributed by atoms with E-state index in [0.717, 1.165) is 25.9 Å². The Balaban J connectivity index is 2.40. The Morgan fingerprint density at radius 1 is 1.24 bits per heavy atom. The first-order valence-electron chi connectivity index (χ1n) is 7.03. The average molecular weight is 242 g/mol. The summed E-state index contributed by atoms with van der Waals surface area (Å²) in [6.45, 7) is 6.63. The summed E-state index contributed by atoms with van der Waals surface area (Å²) in [6, 6.07) is 0. The van der Waals surface area contributed by atoms with Gasteiger partial charge in [-0.15, -0.1) is 0 Å². The van der Waals surface area contributed by atoms with Crippen LogP contribution in [0.15, 0.2) is 0 Å². The lowest BCUT2D eigenvalue weighted by atomic mass is 9.75. The van der Waals surface area contributed by atoms with Crippen LogP contribution in [0.4, 0.5) is 0 Å². The van der Waals surface area contributed by atoms with Crippen LogP contribution in [0, 0.1) is 5.41 Å². The van der Waals surface area contributed by atoms with Crippen molar-refractivity contribution in [3.63, 3.8) is 0 Å². The molecule has 0 amide bonds. The van der Waals surface area contributed by atoms with Gasteiger partial charge in [-0.25, -0.2) is 0 Å². The van der Waals surface area contributed by atoms with Gasteiger partial charge in [-0.3, -0.25) is 0 Å². The number of hydrogen-bond acceptors (Lipinski definition) is 3. The highest BCUT2D eigenvalue weighted by molar-refractivity contribution is 4.98. The van der Waals surface area contributed by atoms with Crippen LogP contribution in [0.25, 0.3) is 0 Å². The smallest absolute Gasteiger partial charge is 0.0499 e. The van der Waals surface area contributed by atoms with Crippen LogP contribution in [0.3, 0.4) is 0 Å². The second-order valence-electron chi connectivity index (χ2n) is 5.94. The Kier molecular flexibility index (Phi) is 5.42. The number of hydrogen-bond donors (Lipinski definition) is 2. The standard InChI is InChI=1S/C14H30N2O/c1-5-13(6-2,12-17)10-15-11-14(16(3)4)8-7-9-14/h15,17H,5-12H2,1-4H3. The molecule has 0 unspecified atom stereocenters. The lowest BCUT2D eigenvalue weighted by Crippen LogP contribution is -2.57. The van der Waals surface area contributed by atoms with Gasteiger partial charge in [-0.1, -0.05) is 13.8 Å². The molecule has 0 radical (unpaired) electrons. The first kappa shape index (κ1) is 14.9. The third kappa shape index (κ3) is 3.21. The predicted molar refractivity (Wildman–Crippen MR) is 73.2 cm³/mol. The number of rotatable bonds is 8. The molecule has 17 heavy (non-hydrogen) atoms. The van der Waals surface area contributed by atoms with Crippen molar-refractivity contribution in [3.05, 3.63) is 0 Å². The molecule has 0 atom stereocenters. The van der Waals surface area contributed by atoms with Crippen molar-refractivity contribution < 1.29 is 5.11 Å². The highest BCUT2D eigenvalue weighted by Crippen LogP contribution is 2.35. The van der Waals surface area contributed by atoms with Gasteiger partial charge in [0, 0.05) is 30.7 Å². The molecule has 1 saturated carbocycles. The van der Waals surface area contributed by atoms with Gasteiger partial charge >= 0.3 is 0 Å². The molecular formula is C14H30N2O. The Bertz CT molecular complexity index is 202. The Labute approximate surface area is 107 Å². The van der Waals surface area contributed by atoms with Gasteiger partial charge in [0.2, 0.25) is 0 Å². The van der Waals surface area contributed by atoms with Gasteiger partial charge in [0.1, 0.15) is 0 Å². The molecule has 0 aromatic rings. The van der Waals surface area contributed by atoms with E-state index in [1.807, 2.05) is 0 Å². The molecular weight excluding hydrogens is 212 g/mol. The molecule has 3 heteroatoms. The van der Waals surface area contributed by atoms with Crippen LogP contribution in [0.2, 0.25) is 0 Å². The maximum absolute atomic E-state index is 9.54. The molecule has 0 aromatic heterocycles. The van der Waals surface area contributed by atoms with Crippen LogP contribution in [-0.2, 0) is 0 Å². The van der Waals surface area contributed by atoms with E-state index in [1.54, 1.807) is 0 Å². The minimum absolute atomic E-state index is 0.0806. The summed E-state index contributed by atoms with van der Waals surface area (Å²) < 4.78 is 0. The second-order valence-corrected chi connectivity index (χ2v) is 5.94. The van der Waals surface area contributed by atoms with Crippen molar-refractivity contribution in [2.45, 2.75) is 51.5 Å². The van der Waals surface area contributed by atoms with E-state index < -0.39 is 0 Å². The van der Waals surface area contributed by atoms with Crippen LogP contribution < -0.4 is 5.32 Å². The minimum Gasteiger partial charge on any atom is -0.396 e. The number of nitrogens with one attached hydrogen (secondary N) is 1. The van der Waals surface area contributed by atoms with Gasteiger partial charge in [0.15, 0.2) is 0 Å². The molecule has 1 fully saturated rings. The van der Waals surface area contributed by atoms with Crippen molar-refractivity contribution >= 4 is 0 Å². The Morgan fingerprint density at radius 3 is 2.12 bits per heavy atom. The summed E-state index contributed by atoms with van der Waals surface area (Å²) in [4.78, 5) is 2.36. The lowest BCUT2D eigenvalue weighted by molar-refractivity contribution is 0.0500. The summed E-state index contributed by atoms with van der Waals surface area (Å²) in [5, 5.41) is 13.1. The number of likely N-dealkylation sites (N-methyl/N-ethyl adjacent to an activating group) is 1. The fourth-order valence-corrected chi connectivity index (χ4v) is 2.71. The molecule has 0 spiro atoms. The van der Waals surface area contributed by atoms with Crippen molar-refractivity contribution in [2.24, 2.45) is 5.41 Å². The van der Waals surface area contributed by atoms with Gasteiger partial charge in [0.25, 0.3) is 0 Å². The zero-order chi connectivity index (χ0) is 12.9. The molecule has 0 heterocycles. The van der Waals surface area contributed by atoms with Gasteiger partial charge in [-0.2, -0.15) is 0 Å². The molecule has 0 aromatic carbocycles. The molecule has 0 aliphatic heterocycles. The fraction of sp³-hybridized carbons (Fsp3) is 1.00. The monoisotopic (exact) mass is 242 g/mol. The third-order valence-electron chi connectivity index (χ3n) is 5.02. The zero-order valence-corrected chi connectivity index (χ0v) is 12.1. The molecule has 1 aliphatic carbocycles. The second kappa shape index (κ2) is 6.17. The maximum atomic E-state index is 9.54. The van der Waals surface area contributed by atoms with Crippen molar-refractivity contribution in [1.29, 1.82) is 0 Å². The summed E-state index contributed by atoms with van der Waals surface area (Å²) >= 11 is 0. The summed E-state index contributed by atoms with van der Waals surface area (Å²) in [7, 11) is 4.36. The molecule has 102 valence electrons. The van der Waals surface area contributed by atoms with Crippen LogP contribution >= 0.6 is 0 Å². The van der Waals surface area contributed by atoms with E-state index in [4.69, 9.17) is 0 Å². The lowest BCUT2D eigenvalue weighted by Gasteiger charge is -2.48. The third-order valence-corrected chi connectivity index (χ3v) is 5.02. The highest BCUT2D eigenvalue weighted by Gasteiger charge is 2.39. The molecule has 0 saturated heterocycles. The molecule has 3 nitrogen and oxygen atoms in total. The molecule has 1 rings (SSSR count). The summed E-state index contributed by atoms with van der Waals surface area (Å²) in [5.74, 6) is 0. The van der Waals surface area contributed by atoms with E-state index in [2.05, 4.69) is 38.2 Å². The van der Waals surface area contributed by atoms with Crippen LogP contribution in [-0.4, -0.2) is 49.3 Å². The average Bonchev–Trinajstić information content (AvgIpc) is 2.28. The quantitative estimate of drug-likeness (QED) is 0.682. The van der Waals surface area contributed by atoms with Gasteiger partial charge in [0.05, 0.1) is 0 Å². The fourth-order valence-electron chi connectivity index (χ4n) is 2.71. The zero-order valence-electron chi connectivity index (χ0n) is 12.1. The first-order chi connectivity index (χ1) is 8.04. The first-order valence-corrected chi connectivity index (χ1v) is 7.03. The van der Waals surface area contributed by atoms with Crippen LogP contribution in [0.5, 0.6) is 0 Å². The van der Waals surface area contributed by atoms with Crippen molar-refractivity contribution in [2.75, 3.05) is 33.8 Å². The van der Waals surface area contributed by atoms with E-state index in [9.17, 15) is 5.11 Å². The molecule has 1 aliphatic rings. The number of aliphatic hydroxyl groups is 1. The van der Waals surface area contributed by atoms with E-state index in [-0.39, 0.29) is 5.41 Å². The van der Waals surface area contributed by atoms with E-state index in [0.29, 0.717) is 12.1 Å².